The summed E-state index contributed by atoms with van der Waals surface area (Å²) >= 11 is 0. The van der Waals surface area contributed by atoms with Gasteiger partial charge in [0, 0.05) is 18.4 Å². The molecule has 4 rings (SSSR count). The number of rotatable bonds is 2. The Balaban J connectivity index is 0.00000182. The van der Waals surface area contributed by atoms with Gasteiger partial charge >= 0.3 is 0 Å². The number of fused-ring (bicyclic) bond motifs is 1. The van der Waals surface area contributed by atoms with Gasteiger partial charge in [-0.15, -0.1) is 12.4 Å². The van der Waals surface area contributed by atoms with E-state index in [1.807, 2.05) is 24.3 Å². The third-order valence-electron chi connectivity index (χ3n) is 5.45. The molecule has 138 valence electrons. The van der Waals surface area contributed by atoms with Gasteiger partial charge in [0.2, 0.25) is 5.91 Å². The third-order valence-corrected chi connectivity index (χ3v) is 5.45. The van der Waals surface area contributed by atoms with E-state index in [1.165, 1.54) is 0 Å². The summed E-state index contributed by atoms with van der Waals surface area (Å²) in [6.45, 7) is -0.431. The first-order valence-electron chi connectivity index (χ1n) is 8.66. The van der Waals surface area contributed by atoms with Crippen molar-refractivity contribution in [2.75, 3.05) is 6.54 Å². The van der Waals surface area contributed by atoms with Crippen molar-refractivity contribution in [3.63, 3.8) is 0 Å². The van der Waals surface area contributed by atoms with E-state index in [1.54, 1.807) is 0 Å². The third kappa shape index (κ3) is 3.60. The number of halogens is 3. The van der Waals surface area contributed by atoms with Crippen molar-refractivity contribution in [3.8, 4) is 5.75 Å². The number of para-hydroxylation sites is 1. The number of carbonyl (C=O) groups excluding carboxylic acids is 1. The minimum atomic E-state index is -2.80. The maximum Gasteiger partial charge on any atom is 0.262 e. The standard InChI is InChI=1S/C18H22F2N2O2.ClH/c19-18(20)10-14(21-11-18)16(23)22-13-9-17(7-3-4-8-17)24-15-6-2-1-5-12(13)15;/h1-2,5-6,13-14,21H,3-4,7-11H2,(H,22,23);1H. The highest BCUT2D eigenvalue weighted by molar-refractivity contribution is 5.85. The van der Waals surface area contributed by atoms with Gasteiger partial charge in [0.25, 0.3) is 5.92 Å². The van der Waals surface area contributed by atoms with Crippen LogP contribution in [0.4, 0.5) is 8.78 Å². The molecular formula is C18H23ClF2N2O2. The van der Waals surface area contributed by atoms with Crippen LogP contribution in [-0.4, -0.2) is 30.0 Å². The summed E-state index contributed by atoms with van der Waals surface area (Å²) in [6, 6.07) is 6.70. The minimum Gasteiger partial charge on any atom is -0.487 e. The summed E-state index contributed by atoms with van der Waals surface area (Å²) in [5.41, 5.74) is 0.715. The molecule has 1 aromatic carbocycles. The highest BCUT2D eigenvalue weighted by Crippen LogP contribution is 2.47. The van der Waals surface area contributed by atoms with Crippen LogP contribution < -0.4 is 15.4 Å². The molecule has 1 amide bonds. The number of nitrogens with one attached hydrogen (secondary N) is 2. The molecular weight excluding hydrogens is 350 g/mol. The first kappa shape index (κ1) is 18.4. The number of carbonyl (C=O) groups is 1. The molecule has 1 saturated carbocycles. The smallest absolute Gasteiger partial charge is 0.262 e. The van der Waals surface area contributed by atoms with Crippen LogP contribution in [0.5, 0.6) is 5.75 Å². The summed E-state index contributed by atoms with van der Waals surface area (Å²) in [7, 11) is 0. The maximum absolute atomic E-state index is 13.4. The quantitative estimate of drug-likeness (QED) is 0.837. The second-order valence-electron chi connectivity index (χ2n) is 7.29. The Morgan fingerprint density at radius 2 is 1.92 bits per heavy atom. The number of ether oxygens (including phenoxy) is 1. The summed E-state index contributed by atoms with van der Waals surface area (Å²) in [6.07, 6.45) is 4.48. The minimum absolute atomic E-state index is 0. The van der Waals surface area contributed by atoms with Crippen LogP contribution in [0.2, 0.25) is 0 Å². The predicted octanol–water partition coefficient (Wildman–Crippen LogP) is 3.36. The van der Waals surface area contributed by atoms with Crippen LogP contribution in [0.3, 0.4) is 0 Å². The van der Waals surface area contributed by atoms with Gasteiger partial charge in [-0.3, -0.25) is 10.1 Å². The Bertz CT molecular complexity index is 650. The first-order chi connectivity index (χ1) is 11.5. The second-order valence-corrected chi connectivity index (χ2v) is 7.29. The molecule has 0 bridgehead atoms. The van der Waals surface area contributed by atoms with Gasteiger partial charge in [0.15, 0.2) is 0 Å². The fourth-order valence-corrected chi connectivity index (χ4v) is 4.25. The SMILES string of the molecule is Cl.O=C(NC1CC2(CCCC2)Oc2ccccc21)C1CC(F)(F)CN1. The molecule has 2 aliphatic heterocycles. The van der Waals surface area contributed by atoms with E-state index >= 15 is 0 Å². The molecule has 3 aliphatic rings. The van der Waals surface area contributed by atoms with Gasteiger partial charge in [0.05, 0.1) is 18.6 Å². The highest BCUT2D eigenvalue weighted by atomic mass is 35.5. The number of alkyl halides is 2. The Hall–Kier alpha value is -1.40. The van der Waals surface area contributed by atoms with Crippen molar-refractivity contribution >= 4 is 18.3 Å². The number of hydrogen-bond acceptors (Lipinski definition) is 3. The second kappa shape index (κ2) is 6.72. The summed E-state index contributed by atoms with van der Waals surface area (Å²) in [5, 5.41) is 5.62. The Morgan fingerprint density at radius 1 is 1.20 bits per heavy atom. The molecule has 2 N–H and O–H groups in total. The lowest BCUT2D eigenvalue weighted by atomic mass is 9.85. The van der Waals surface area contributed by atoms with Crippen LogP contribution in [0.1, 0.15) is 50.1 Å². The van der Waals surface area contributed by atoms with Crippen molar-refractivity contribution in [3.05, 3.63) is 29.8 Å². The first-order valence-corrected chi connectivity index (χ1v) is 8.66. The predicted molar refractivity (Wildman–Crippen MR) is 92.4 cm³/mol. The lowest BCUT2D eigenvalue weighted by Crippen LogP contribution is -2.47. The number of hydrogen-bond donors (Lipinski definition) is 2. The van der Waals surface area contributed by atoms with E-state index in [2.05, 4.69) is 10.6 Å². The van der Waals surface area contributed by atoms with Crippen molar-refractivity contribution in [2.45, 2.75) is 62.1 Å². The highest BCUT2D eigenvalue weighted by Gasteiger charge is 2.46. The average molecular weight is 373 g/mol. The van der Waals surface area contributed by atoms with Gasteiger partial charge in [-0.2, -0.15) is 0 Å². The van der Waals surface area contributed by atoms with E-state index in [9.17, 15) is 13.6 Å². The zero-order valence-corrected chi connectivity index (χ0v) is 14.7. The zero-order valence-electron chi connectivity index (χ0n) is 13.9. The van der Waals surface area contributed by atoms with Crippen LogP contribution in [0, 0.1) is 0 Å². The molecule has 7 heteroatoms. The van der Waals surface area contributed by atoms with E-state index < -0.39 is 24.9 Å². The lowest BCUT2D eigenvalue weighted by Gasteiger charge is -2.40. The summed E-state index contributed by atoms with van der Waals surface area (Å²) < 4.78 is 33.0. The van der Waals surface area contributed by atoms with Crippen LogP contribution in [-0.2, 0) is 4.79 Å². The topological polar surface area (TPSA) is 50.4 Å². The summed E-state index contributed by atoms with van der Waals surface area (Å²) in [5.74, 6) is -2.34. The van der Waals surface area contributed by atoms with Crippen molar-refractivity contribution in [2.24, 2.45) is 0 Å². The Labute approximate surface area is 152 Å². The molecule has 2 atom stereocenters. The van der Waals surface area contributed by atoms with Gasteiger partial charge in [-0.1, -0.05) is 18.2 Å². The molecule has 2 fully saturated rings. The molecule has 2 unspecified atom stereocenters. The van der Waals surface area contributed by atoms with Crippen molar-refractivity contribution in [1.82, 2.24) is 10.6 Å². The van der Waals surface area contributed by atoms with Crippen LogP contribution in [0.25, 0.3) is 0 Å². The maximum atomic E-state index is 13.4. The van der Waals surface area contributed by atoms with E-state index in [0.29, 0.717) is 6.42 Å². The van der Waals surface area contributed by atoms with Gasteiger partial charge in [0.1, 0.15) is 11.4 Å². The van der Waals surface area contributed by atoms with E-state index in [-0.39, 0.29) is 30.0 Å². The Morgan fingerprint density at radius 3 is 2.60 bits per heavy atom. The molecule has 1 spiro atoms. The van der Waals surface area contributed by atoms with Crippen LogP contribution >= 0.6 is 12.4 Å². The number of amides is 1. The zero-order chi connectivity index (χ0) is 16.8. The fourth-order valence-electron chi connectivity index (χ4n) is 4.25. The van der Waals surface area contributed by atoms with Gasteiger partial charge in [-0.25, -0.2) is 8.78 Å². The Kier molecular flexibility index (Phi) is 4.95. The number of benzene rings is 1. The van der Waals surface area contributed by atoms with Crippen molar-refractivity contribution < 1.29 is 18.3 Å². The van der Waals surface area contributed by atoms with E-state index in [0.717, 1.165) is 37.0 Å². The molecule has 25 heavy (non-hydrogen) atoms. The van der Waals surface area contributed by atoms with E-state index in [4.69, 9.17) is 4.74 Å². The van der Waals surface area contributed by atoms with Crippen LogP contribution in [0.15, 0.2) is 24.3 Å². The normalized spacial score (nSPS) is 28.7. The molecule has 1 aromatic rings. The molecule has 2 heterocycles. The molecule has 0 aromatic heterocycles. The summed E-state index contributed by atoms with van der Waals surface area (Å²) in [4.78, 5) is 12.5. The molecule has 1 saturated heterocycles. The molecule has 0 radical (unpaired) electrons. The molecule has 4 nitrogen and oxygen atoms in total. The largest absolute Gasteiger partial charge is 0.487 e. The van der Waals surface area contributed by atoms with Gasteiger partial charge < -0.3 is 10.1 Å². The van der Waals surface area contributed by atoms with Gasteiger partial charge in [-0.05, 0) is 31.7 Å². The monoisotopic (exact) mass is 372 g/mol. The lowest BCUT2D eigenvalue weighted by molar-refractivity contribution is -0.124. The molecule has 1 aliphatic carbocycles. The van der Waals surface area contributed by atoms with Crippen molar-refractivity contribution in [1.29, 1.82) is 0 Å². The fraction of sp³-hybridized carbons (Fsp3) is 0.611. The average Bonchev–Trinajstić information content (AvgIpc) is 3.14.